The number of rotatable bonds is 5. The normalized spacial score (nSPS) is 10.4. The molecule has 0 spiro atoms. The number of aryl methyl sites for hydroxylation is 1. The van der Waals surface area contributed by atoms with Crippen LogP contribution in [0, 0.1) is 6.92 Å². The van der Waals surface area contributed by atoms with E-state index in [1.54, 1.807) is 7.11 Å². The highest BCUT2D eigenvalue weighted by atomic mass is 79.9. The number of aliphatic hydroxyl groups is 1. The van der Waals surface area contributed by atoms with Crippen molar-refractivity contribution < 1.29 is 14.6 Å². The molecule has 0 aromatic heterocycles. The van der Waals surface area contributed by atoms with Gasteiger partial charge in [-0.15, -0.1) is 0 Å². The largest absolute Gasteiger partial charge is 0.497 e. The van der Waals surface area contributed by atoms with Crippen molar-refractivity contribution >= 4 is 15.9 Å². The van der Waals surface area contributed by atoms with Crippen LogP contribution in [0.25, 0.3) is 0 Å². The van der Waals surface area contributed by atoms with Crippen LogP contribution in [0.2, 0.25) is 0 Å². The van der Waals surface area contributed by atoms with Crippen molar-refractivity contribution in [2.45, 2.75) is 20.1 Å². The molecule has 1 N–H and O–H groups in total. The number of halogens is 1. The van der Waals surface area contributed by atoms with Gasteiger partial charge in [0.2, 0.25) is 0 Å². The summed E-state index contributed by atoms with van der Waals surface area (Å²) in [6.07, 6.45) is 0. The van der Waals surface area contributed by atoms with Crippen LogP contribution in [0.5, 0.6) is 11.5 Å². The fraction of sp³-hybridized carbons (Fsp3) is 0.250. The lowest BCUT2D eigenvalue weighted by Gasteiger charge is -2.14. The quantitative estimate of drug-likeness (QED) is 0.901. The first-order chi connectivity index (χ1) is 9.63. The van der Waals surface area contributed by atoms with Gasteiger partial charge in [-0.3, -0.25) is 0 Å². The van der Waals surface area contributed by atoms with Gasteiger partial charge in [0.1, 0.15) is 18.1 Å². The molecule has 2 rings (SSSR count). The van der Waals surface area contributed by atoms with E-state index in [1.165, 1.54) is 0 Å². The zero-order chi connectivity index (χ0) is 14.5. The number of hydrogen-bond acceptors (Lipinski definition) is 3. The van der Waals surface area contributed by atoms with Crippen LogP contribution in [0.3, 0.4) is 0 Å². The fourth-order valence-corrected chi connectivity index (χ4v) is 2.66. The Labute approximate surface area is 127 Å². The first-order valence-corrected chi connectivity index (χ1v) is 7.09. The number of ether oxygens (including phenoxy) is 2. The third kappa shape index (κ3) is 3.52. The van der Waals surface area contributed by atoms with E-state index in [0.29, 0.717) is 6.61 Å². The molecule has 0 aliphatic carbocycles. The van der Waals surface area contributed by atoms with Gasteiger partial charge in [-0.05, 0) is 42.3 Å². The first-order valence-electron chi connectivity index (χ1n) is 6.29. The van der Waals surface area contributed by atoms with Crippen molar-refractivity contribution in [3.63, 3.8) is 0 Å². The molecule has 0 saturated heterocycles. The van der Waals surface area contributed by atoms with Crippen LogP contribution in [0.15, 0.2) is 40.9 Å². The van der Waals surface area contributed by atoms with Gasteiger partial charge in [-0.1, -0.05) is 28.1 Å². The van der Waals surface area contributed by atoms with Gasteiger partial charge in [-0.25, -0.2) is 0 Å². The molecule has 0 bridgehead atoms. The molecule has 0 radical (unpaired) electrons. The maximum Gasteiger partial charge on any atom is 0.128 e. The summed E-state index contributed by atoms with van der Waals surface area (Å²) in [5.74, 6) is 1.54. The molecule has 2 aromatic carbocycles. The molecule has 0 aliphatic heterocycles. The zero-order valence-corrected chi connectivity index (χ0v) is 13.1. The maximum absolute atomic E-state index is 9.43. The van der Waals surface area contributed by atoms with Crippen molar-refractivity contribution in [3.05, 3.63) is 57.6 Å². The predicted octanol–water partition coefficient (Wildman–Crippen LogP) is 3.84. The number of methoxy groups -OCH3 is 1. The van der Waals surface area contributed by atoms with E-state index in [4.69, 9.17) is 9.47 Å². The highest BCUT2D eigenvalue weighted by Crippen LogP contribution is 2.29. The Hall–Kier alpha value is -1.52. The standard InChI is InChI=1S/C16H17BrO3/c1-11-6-14(17)8-13(9-18)16(11)20-10-12-4-3-5-15(7-12)19-2/h3-8,18H,9-10H2,1-2H3. The lowest BCUT2D eigenvalue weighted by atomic mass is 10.1. The van der Waals surface area contributed by atoms with Crippen LogP contribution in [-0.4, -0.2) is 12.2 Å². The summed E-state index contributed by atoms with van der Waals surface area (Å²) in [4.78, 5) is 0. The zero-order valence-electron chi connectivity index (χ0n) is 11.5. The molecule has 106 valence electrons. The topological polar surface area (TPSA) is 38.7 Å². The number of hydrogen-bond donors (Lipinski definition) is 1. The Morgan fingerprint density at radius 2 is 2.00 bits per heavy atom. The first kappa shape index (κ1) is 14.9. The lowest BCUT2D eigenvalue weighted by molar-refractivity contribution is 0.257. The van der Waals surface area contributed by atoms with Crippen molar-refractivity contribution in [3.8, 4) is 11.5 Å². The van der Waals surface area contributed by atoms with Crippen LogP contribution in [0.4, 0.5) is 0 Å². The molecule has 2 aromatic rings. The highest BCUT2D eigenvalue weighted by molar-refractivity contribution is 9.10. The molecule has 0 unspecified atom stereocenters. The van der Waals surface area contributed by atoms with E-state index in [0.717, 1.165) is 32.7 Å². The molecule has 0 amide bonds. The number of benzene rings is 2. The Kier molecular flexibility index (Phi) is 5.04. The molecule has 0 heterocycles. The number of aliphatic hydroxyl groups excluding tert-OH is 1. The summed E-state index contributed by atoms with van der Waals surface area (Å²) in [7, 11) is 1.64. The van der Waals surface area contributed by atoms with Gasteiger partial charge >= 0.3 is 0 Å². The highest BCUT2D eigenvalue weighted by Gasteiger charge is 2.09. The van der Waals surface area contributed by atoms with Gasteiger partial charge in [0, 0.05) is 10.0 Å². The van der Waals surface area contributed by atoms with Crippen LogP contribution < -0.4 is 9.47 Å². The van der Waals surface area contributed by atoms with Crippen molar-refractivity contribution in [2.75, 3.05) is 7.11 Å². The van der Waals surface area contributed by atoms with E-state index in [-0.39, 0.29) is 6.61 Å². The minimum atomic E-state index is -0.0479. The average Bonchev–Trinajstić information content (AvgIpc) is 2.45. The average molecular weight is 337 g/mol. The molecule has 0 fully saturated rings. The molecular weight excluding hydrogens is 320 g/mol. The molecule has 20 heavy (non-hydrogen) atoms. The van der Waals surface area contributed by atoms with Crippen molar-refractivity contribution in [2.24, 2.45) is 0 Å². The van der Waals surface area contributed by atoms with Crippen LogP contribution >= 0.6 is 15.9 Å². The minimum absolute atomic E-state index is 0.0479. The minimum Gasteiger partial charge on any atom is -0.497 e. The summed E-state index contributed by atoms with van der Waals surface area (Å²) in [6, 6.07) is 11.6. The Balaban J connectivity index is 2.18. The molecule has 4 heteroatoms. The van der Waals surface area contributed by atoms with Crippen LogP contribution in [0.1, 0.15) is 16.7 Å². The summed E-state index contributed by atoms with van der Waals surface area (Å²) in [5, 5.41) is 9.43. The second-order valence-electron chi connectivity index (χ2n) is 4.51. The molecule has 3 nitrogen and oxygen atoms in total. The Morgan fingerprint density at radius 1 is 1.20 bits per heavy atom. The lowest BCUT2D eigenvalue weighted by Crippen LogP contribution is -2.01. The van der Waals surface area contributed by atoms with Gasteiger partial charge in [0.25, 0.3) is 0 Å². The second-order valence-corrected chi connectivity index (χ2v) is 5.42. The summed E-state index contributed by atoms with van der Waals surface area (Å²) in [5.41, 5.74) is 2.79. The third-order valence-electron chi connectivity index (χ3n) is 3.00. The maximum atomic E-state index is 9.43. The van der Waals surface area contributed by atoms with Gasteiger partial charge in [0.15, 0.2) is 0 Å². The third-order valence-corrected chi connectivity index (χ3v) is 3.46. The molecular formula is C16H17BrO3. The SMILES string of the molecule is COc1cccc(COc2c(C)cc(Br)cc2CO)c1. The second kappa shape index (κ2) is 6.77. The predicted molar refractivity (Wildman–Crippen MR) is 82.1 cm³/mol. The Bertz CT molecular complexity index is 596. The van der Waals surface area contributed by atoms with E-state index in [9.17, 15) is 5.11 Å². The summed E-state index contributed by atoms with van der Waals surface area (Å²) >= 11 is 3.42. The van der Waals surface area contributed by atoms with E-state index < -0.39 is 0 Å². The molecule has 0 saturated carbocycles. The molecule has 0 aliphatic rings. The monoisotopic (exact) mass is 336 g/mol. The summed E-state index contributed by atoms with van der Waals surface area (Å²) < 4.78 is 12.0. The van der Waals surface area contributed by atoms with Crippen molar-refractivity contribution in [1.29, 1.82) is 0 Å². The van der Waals surface area contributed by atoms with Gasteiger partial charge in [-0.2, -0.15) is 0 Å². The van der Waals surface area contributed by atoms with E-state index >= 15 is 0 Å². The van der Waals surface area contributed by atoms with Crippen LogP contribution in [-0.2, 0) is 13.2 Å². The Morgan fingerprint density at radius 3 is 2.70 bits per heavy atom. The van der Waals surface area contributed by atoms with E-state index in [1.807, 2.05) is 43.3 Å². The summed E-state index contributed by atoms with van der Waals surface area (Å²) in [6.45, 7) is 2.35. The van der Waals surface area contributed by atoms with Crippen molar-refractivity contribution in [1.82, 2.24) is 0 Å². The molecule has 0 atom stereocenters. The fourth-order valence-electron chi connectivity index (χ4n) is 2.04. The smallest absolute Gasteiger partial charge is 0.128 e. The van der Waals surface area contributed by atoms with Gasteiger partial charge in [0.05, 0.1) is 13.7 Å². The van der Waals surface area contributed by atoms with E-state index in [2.05, 4.69) is 15.9 Å². The van der Waals surface area contributed by atoms with Gasteiger partial charge < -0.3 is 14.6 Å².